The van der Waals surface area contributed by atoms with Gasteiger partial charge in [0.1, 0.15) is 0 Å². The molecule has 7 rings (SSSR count). The summed E-state index contributed by atoms with van der Waals surface area (Å²) in [6.45, 7) is 64.2. The van der Waals surface area contributed by atoms with E-state index in [9.17, 15) is 0 Å². The summed E-state index contributed by atoms with van der Waals surface area (Å²) in [4.78, 5) is 19.5. The Morgan fingerprint density at radius 2 is 0.617 bits per heavy atom. The third-order valence-electron chi connectivity index (χ3n) is 28.8. The molecule has 0 atom stereocenters. The molecular formula is C99H184N8. The number of hydrogen-bond donors (Lipinski definition) is 0. The van der Waals surface area contributed by atoms with Crippen molar-refractivity contribution in [3.63, 3.8) is 0 Å². The Balaban J connectivity index is 0.00000121. The van der Waals surface area contributed by atoms with Crippen LogP contribution < -0.4 is 19.6 Å². The standard InChI is InChI=1S/C19H33N.C15H25N.C14H21N.C13H21N.C11H23N.C10H23N.C9H19N.C8H19N/c1-9-19(7,10-2)20(8)18-16(14(3)4)12-11-13-17(18)15(5)6;1-7-15(5,8-2)16(6)14-12(3)10-9-11-13(14)4;1-14(11-7-4-8-12-14)15(2)13-9-5-3-6-10-13;1-5-13(3,6-2)14(4)12-10-8-7-9-11-12;1-10(2)12(4)11(3)8-6-5-7-9-11;1-7-10(5,8-2)11(6)9(3)4;1-9(10(2)3)7-5-4-6-8-9;1-6-8(3,7-2)9(4)5/h11-15H,9-10H2,1-8H3;9-11H,7-8H2,1-6H3;3,5-6,9-10H,4,7-8,11-12H2,1-2H3;7-11H,5-6H2,1-4H3;10H,5-9H2,1-4H3;9H,7-8H2,1-6H3;4-8H2,1-3H3;6-7H2,1-5H3. The average Bonchev–Trinajstić information content (AvgIpc) is 0.782. The maximum absolute atomic E-state index is 2.55. The number of rotatable bonds is 26. The lowest BCUT2D eigenvalue weighted by atomic mass is 9.81. The van der Waals surface area contributed by atoms with Crippen LogP contribution in [0.25, 0.3) is 0 Å². The molecule has 8 nitrogen and oxygen atoms in total. The molecule has 0 aromatic heterocycles. The maximum Gasteiger partial charge on any atom is 0.0438 e. The van der Waals surface area contributed by atoms with Gasteiger partial charge in [0.25, 0.3) is 0 Å². The first-order chi connectivity index (χ1) is 49.9. The van der Waals surface area contributed by atoms with Crippen molar-refractivity contribution in [1.29, 1.82) is 0 Å². The molecule has 0 N–H and O–H groups in total. The van der Waals surface area contributed by atoms with Crippen LogP contribution in [-0.2, 0) is 0 Å². The largest absolute Gasteiger partial charge is 0.369 e. The molecule has 0 saturated heterocycles. The molecule has 0 amide bonds. The molecule has 0 bridgehead atoms. The second kappa shape index (κ2) is 49.4. The number of anilines is 4. The summed E-state index contributed by atoms with van der Waals surface area (Å²) in [5.41, 5.74) is 14.2. The van der Waals surface area contributed by atoms with Crippen molar-refractivity contribution in [1.82, 2.24) is 19.6 Å². The second-order valence-corrected chi connectivity index (χ2v) is 36.6. The van der Waals surface area contributed by atoms with E-state index in [1.807, 2.05) is 0 Å². The van der Waals surface area contributed by atoms with Gasteiger partial charge in [-0.2, -0.15) is 0 Å². The highest BCUT2D eigenvalue weighted by atomic mass is 15.2. The highest BCUT2D eigenvalue weighted by Gasteiger charge is 2.35. The summed E-state index contributed by atoms with van der Waals surface area (Å²) < 4.78 is 0. The number of hydrogen-bond acceptors (Lipinski definition) is 8. The summed E-state index contributed by atoms with van der Waals surface area (Å²) in [5, 5.41) is 0. The Labute approximate surface area is 670 Å². The minimum absolute atomic E-state index is 0.231. The van der Waals surface area contributed by atoms with Crippen LogP contribution in [0.1, 0.15) is 375 Å². The lowest BCUT2D eigenvalue weighted by Crippen LogP contribution is -2.48. The molecule has 0 aliphatic heterocycles. The van der Waals surface area contributed by atoms with Crippen molar-refractivity contribution in [2.45, 2.75) is 423 Å². The van der Waals surface area contributed by atoms with Gasteiger partial charge < -0.3 is 29.4 Å². The van der Waals surface area contributed by atoms with Gasteiger partial charge in [-0.05, 0) is 300 Å². The predicted molar refractivity (Wildman–Crippen MR) is 490 cm³/mol. The second-order valence-electron chi connectivity index (χ2n) is 36.6. The highest BCUT2D eigenvalue weighted by molar-refractivity contribution is 5.63. The fourth-order valence-electron chi connectivity index (χ4n) is 15.8. The van der Waals surface area contributed by atoms with E-state index in [0.717, 1.165) is 0 Å². The molecule has 0 unspecified atom stereocenters. The quantitative estimate of drug-likeness (QED) is 0.0614. The summed E-state index contributed by atoms with van der Waals surface area (Å²) in [6, 6.07) is 36.0. The smallest absolute Gasteiger partial charge is 0.0438 e. The van der Waals surface area contributed by atoms with Crippen molar-refractivity contribution in [3.8, 4) is 0 Å². The number of benzene rings is 4. The van der Waals surface area contributed by atoms with Crippen LogP contribution in [0.15, 0.2) is 97.1 Å². The number of nitrogens with zero attached hydrogens (tertiary/aromatic N) is 8. The van der Waals surface area contributed by atoms with Gasteiger partial charge in [-0.15, -0.1) is 0 Å². The minimum Gasteiger partial charge on any atom is -0.369 e. The van der Waals surface area contributed by atoms with Crippen LogP contribution in [0.2, 0.25) is 0 Å². The first-order valence-electron chi connectivity index (χ1n) is 43.9. The van der Waals surface area contributed by atoms with Gasteiger partial charge in [-0.25, -0.2) is 0 Å². The minimum atomic E-state index is 0.231. The lowest BCUT2D eigenvalue weighted by molar-refractivity contribution is 0.0650. The van der Waals surface area contributed by atoms with Crippen LogP contribution in [0, 0.1) is 13.8 Å². The Morgan fingerprint density at radius 3 is 0.888 bits per heavy atom. The first-order valence-corrected chi connectivity index (χ1v) is 43.9. The van der Waals surface area contributed by atoms with E-state index in [2.05, 4.69) is 401 Å². The van der Waals surface area contributed by atoms with E-state index in [-0.39, 0.29) is 16.6 Å². The van der Waals surface area contributed by atoms with Crippen molar-refractivity contribution in [3.05, 3.63) is 119 Å². The van der Waals surface area contributed by atoms with Gasteiger partial charge in [-0.1, -0.05) is 228 Å². The summed E-state index contributed by atoms with van der Waals surface area (Å²) in [7, 11) is 22.1. The van der Waals surface area contributed by atoms with Crippen LogP contribution in [0.5, 0.6) is 0 Å². The normalized spacial score (nSPS) is 15.7. The fraction of sp³-hybridized carbons (Fsp3) is 0.758. The monoisotopic (exact) mass is 1490 g/mol. The van der Waals surface area contributed by atoms with Crippen LogP contribution in [-0.4, -0.2) is 146 Å². The molecule has 0 spiro atoms. The van der Waals surface area contributed by atoms with Gasteiger partial charge in [0.2, 0.25) is 0 Å². The Kier molecular flexibility index (Phi) is 47.5. The summed E-state index contributed by atoms with van der Waals surface area (Å²) in [6.07, 6.45) is 33.0. The zero-order valence-electron chi connectivity index (χ0n) is 78.8. The predicted octanol–water partition coefficient (Wildman–Crippen LogP) is 28.2. The van der Waals surface area contributed by atoms with Gasteiger partial charge in [-0.3, -0.25) is 9.80 Å². The van der Waals surface area contributed by atoms with Gasteiger partial charge in [0.15, 0.2) is 0 Å². The van der Waals surface area contributed by atoms with E-state index in [1.54, 1.807) is 0 Å². The van der Waals surface area contributed by atoms with Crippen LogP contribution in [0.3, 0.4) is 0 Å². The third kappa shape index (κ3) is 31.4. The third-order valence-corrected chi connectivity index (χ3v) is 28.8. The molecule has 4 aromatic carbocycles. The highest BCUT2D eigenvalue weighted by Crippen LogP contribution is 2.41. The SMILES string of the molecule is CC(C)N(C)C1(C)CCCCC1.CCC(C)(CC)N(C)C.CCC(C)(CC)N(C)C(C)C.CCC(C)(CC)N(C)c1c(C(C)C)cccc1C(C)C.CCC(C)(CC)N(C)c1c(C)cccc1C.CCC(C)(CC)N(C)c1ccccc1.CN(C)C1(C)CCCCC1.CN(c1ccccc1)C1(C)CCCCC1. The molecule has 0 radical (unpaired) electrons. The molecule has 107 heavy (non-hydrogen) atoms. The molecule has 3 aliphatic rings. The van der Waals surface area contributed by atoms with Crippen LogP contribution in [0.4, 0.5) is 22.7 Å². The lowest BCUT2D eigenvalue weighted by Gasteiger charge is -2.44. The zero-order valence-corrected chi connectivity index (χ0v) is 78.8. The summed E-state index contributed by atoms with van der Waals surface area (Å²) in [5.74, 6) is 1.12. The molecule has 3 saturated carbocycles. The van der Waals surface area contributed by atoms with E-state index < -0.39 is 0 Å². The van der Waals surface area contributed by atoms with E-state index in [1.165, 1.54) is 206 Å². The average molecular weight is 1490 g/mol. The van der Waals surface area contributed by atoms with Gasteiger partial charge in [0.05, 0.1) is 0 Å². The maximum atomic E-state index is 2.55. The molecule has 620 valence electrons. The molecule has 0 heterocycles. The first kappa shape index (κ1) is 103. The molecule has 3 fully saturated rings. The van der Waals surface area contributed by atoms with Crippen molar-refractivity contribution in [2.75, 3.05) is 90.1 Å². The van der Waals surface area contributed by atoms with E-state index in [0.29, 0.717) is 51.6 Å². The van der Waals surface area contributed by atoms with Gasteiger partial charge in [0, 0.05) is 107 Å². The zero-order chi connectivity index (χ0) is 82.5. The Bertz CT molecular complexity index is 2820. The molecule has 8 heteroatoms. The number of aryl methyl sites for hydroxylation is 2. The molecular weight excluding hydrogens is 1300 g/mol. The van der Waals surface area contributed by atoms with Crippen molar-refractivity contribution in [2.24, 2.45) is 0 Å². The molecule has 4 aromatic rings. The van der Waals surface area contributed by atoms with E-state index in [4.69, 9.17) is 0 Å². The Morgan fingerprint density at radius 1 is 0.318 bits per heavy atom. The Hall–Kier alpha value is -4.08. The van der Waals surface area contributed by atoms with Crippen molar-refractivity contribution >= 4 is 22.7 Å². The topological polar surface area (TPSA) is 25.9 Å². The van der Waals surface area contributed by atoms with Crippen LogP contribution >= 0.6 is 0 Å². The number of para-hydroxylation sites is 4. The van der Waals surface area contributed by atoms with E-state index >= 15 is 0 Å². The summed E-state index contributed by atoms with van der Waals surface area (Å²) >= 11 is 0. The van der Waals surface area contributed by atoms with Crippen molar-refractivity contribution < 1.29 is 0 Å². The molecule has 3 aliphatic carbocycles. The van der Waals surface area contributed by atoms with Gasteiger partial charge >= 0.3 is 0 Å². The fourth-order valence-corrected chi connectivity index (χ4v) is 15.8.